The SMILES string of the molecule is CC(C)C1(C(=O)O)CCN(CC(F)(F)c2ccccc2)C1. The molecule has 0 aromatic heterocycles. The van der Waals surface area contributed by atoms with Crippen molar-refractivity contribution in [2.24, 2.45) is 11.3 Å². The highest BCUT2D eigenvalue weighted by molar-refractivity contribution is 5.75. The van der Waals surface area contributed by atoms with E-state index in [4.69, 9.17) is 0 Å². The molecule has 116 valence electrons. The smallest absolute Gasteiger partial charge is 0.311 e. The summed E-state index contributed by atoms with van der Waals surface area (Å²) in [6.07, 6.45) is 0.421. The van der Waals surface area contributed by atoms with E-state index in [2.05, 4.69) is 0 Å². The van der Waals surface area contributed by atoms with Crippen molar-refractivity contribution in [2.45, 2.75) is 26.2 Å². The summed E-state index contributed by atoms with van der Waals surface area (Å²) in [4.78, 5) is 13.1. The van der Waals surface area contributed by atoms with Crippen LogP contribution in [0.5, 0.6) is 0 Å². The Bertz CT molecular complexity index is 504. The highest BCUT2D eigenvalue weighted by atomic mass is 19.3. The van der Waals surface area contributed by atoms with Gasteiger partial charge in [-0.1, -0.05) is 44.2 Å². The topological polar surface area (TPSA) is 40.5 Å². The lowest BCUT2D eigenvalue weighted by Gasteiger charge is -2.30. The lowest BCUT2D eigenvalue weighted by atomic mass is 9.76. The van der Waals surface area contributed by atoms with Crippen molar-refractivity contribution in [3.8, 4) is 0 Å². The van der Waals surface area contributed by atoms with Crippen molar-refractivity contribution in [2.75, 3.05) is 19.6 Å². The molecule has 1 saturated heterocycles. The number of carboxylic acids is 1. The van der Waals surface area contributed by atoms with E-state index in [0.717, 1.165) is 0 Å². The van der Waals surface area contributed by atoms with Gasteiger partial charge in [-0.3, -0.25) is 9.69 Å². The normalized spacial score (nSPS) is 23.7. The summed E-state index contributed by atoms with van der Waals surface area (Å²) in [6.45, 7) is 3.83. The molecule has 0 bridgehead atoms. The third-order valence-electron chi connectivity index (χ3n) is 4.53. The Kier molecular flexibility index (Phi) is 4.33. The van der Waals surface area contributed by atoms with Crippen molar-refractivity contribution >= 4 is 5.97 Å². The largest absolute Gasteiger partial charge is 0.481 e. The number of rotatable bonds is 5. The van der Waals surface area contributed by atoms with Crippen molar-refractivity contribution in [1.82, 2.24) is 4.90 Å². The summed E-state index contributed by atoms with van der Waals surface area (Å²) in [6, 6.07) is 7.68. The molecule has 0 radical (unpaired) electrons. The van der Waals surface area contributed by atoms with Gasteiger partial charge in [0.1, 0.15) is 0 Å². The van der Waals surface area contributed by atoms with Crippen LogP contribution in [0.1, 0.15) is 25.8 Å². The molecule has 0 saturated carbocycles. The average Bonchev–Trinajstić information content (AvgIpc) is 2.84. The average molecular weight is 297 g/mol. The van der Waals surface area contributed by atoms with Crippen LogP contribution in [0.4, 0.5) is 8.78 Å². The first-order valence-electron chi connectivity index (χ1n) is 7.17. The maximum atomic E-state index is 14.3. The third-order valence-corrected chi connectivity index (χ3v) is 4.53. The highest BCUT2D eigenvalue weighted by Gasteiger charge is 2.49. The predicted octanol–water partition coefficient (Wildman–Crippen LogP) is 3.21. The van der Waals surface area contributed by atoms with E-state index in [0.29, 0.717) is 13.0 Å². The van der Waals surface area contributed by atoms with Crippen LogP contribution < -0.4 is 0 Å². The van der Waals surface area contributed by atoms with Gasteiger partial charge in [-0.25, -0.2) is 0 Å². The van der Waals surface area contributed by atoms with Gasteiger partial charge in [-0.2, -0.15) is 8.78 Å². The number of hydrogen-bond donors (Lipinski definition) is 1. The minimum atomic E-state index is -2.97. The summed E-state index contributed by atoms with van der Waals surface area (Å²) >= 11 is 0. The number of benzene rings is 1. The molecule has 1 N–H and O–H groups in total. The first-order chi connectivity index (χ1) is 9.78. The number of alkyl halides is 2. The van der Waals surface area contributed by atoms with Crippen molar-refractivity contribution in [3.63, 3.8) is 0 Å². The Hall–Kier alpha value is -1.49. The number of carboxylic acid groups (broad SMARTS) is 1. The number of likely N-dealkylation sites (tertiary alicyclic amines) is 1. The van der Waals surface area contributed by atoms with Crippen molar-refractivity contribution in [3.05, 3.63) is 35.9 Å². The van der Waals surface area contributed by atoms with Gasteiger partial charge in [0.2, 0.25) is 0 Å². The second kappa shape index (κ2) is 5.72. The minimum absolute atomic E-state index is 0.0256. The van der Waals surface area contributed by atoms with Gasteiger partial charge < -0.3 is 5.11 Å². The lowest BCUT2D eigenvalue weighted by molar-refractivity contribution is -0.151. The second-order valence-electron chi connectivity index (χ2n) is 6.15. The number of halogens is 2. The Morgan fingerprint density at radius 1 is 1.38 bits per heavy atom. The molecule has 1 aliphatic heterocycles. The maximum absolute atomic E-state index is 14.3. The predicted molar refractivity (Wildman–Crippen MR) is 76.3 cm³/mol. The van der Waals surface area contributed by atoms with Gasteiger partial charge in [-0.05, 0) is 18.9 Å². The van der Waals surface area contributed by atoms with Crippen molar-refractivity contribution in [1.29, 1.82) is 0 Å². The molecule has 1 fully saturated rings. The summed E-state index contributed by atoms with van der Waals surface area (Å²) in [5.41, 5.74) is -0.936. The van der Waals surface area contributed by atoms with Crippen LogP contribution >= 0.6 is 0 Å². The molecule has 3 nitrogen and oxygen atoms in total. The number of carbonyl (C=O) groups is 1. The van der Waals surface area contributed by atoms with Crippen LogP contribution in [-0.2, 0) is 10.7 Å². The van der Waals surface area contributed by atoms with E-state index in [-0.39, 0.29) is 18.0 Å². The molecule has 0 aliphatic carbocycles. The molecular formula is C16H21F2NO2. The summed E-state index contributed by atoms with van der Waals surface area (Å²) in [5.74, 6) is -3.93. The van der Waals surface area contributed by atoms with Gasteiger partial charge in [0.25, 0.3) is 5.92 Å². The van der Waals surface area contributed by atoms with Crippen LogP contribution in [0.25, 0.3) is 0 Å². The molecular weight excluding hydrogens is 276 g/mol. The van der Waals surface area contributed by atoms with Crippen LogP contribution in [0.15, 0.2) is 30.3 Å². The molecule has 1 aromatic carbocycles. The zero-order valence-corrected chi connectivity index (χ0v) is 12.4. The Labute approximate surface area is 123 Å². The van der Waals surface area contributed by atoms with Gasteiger partial charge in [0, 0.05) is 12.1 Å². The molecule has 1 aromatic rings. The lowest BCUT2D eigenvalue weighted by Crippen LogP contribution is -2.41. The first-order valence-corrected chi connectivity index (χ1v) is 7.17. The van der Waals surface area contributed by atoms with Gasteiger partial charge in [0.05, 0.1) is 12.0 Å². The van der Waals surface area contributed by atoms with Gasteiger partial charge >= 0.3 is 5.97 Å². The van der Waals surface area contributed by atoms with E-state index in [1.165, 1.54) is 12.1 Å². The van der Waals surface area contributed by atoms with E-state index < -0.39 is 23.9 Å². The van der Waals surface area contributed by atoms with E-state index in [1.54, 1.807) is 23.1 Å². The van der Waals surface area contributed by atoms with Gasteiger partial charge in [0.15, 0.2) is 0 Å². The number of hydrogen-bond acceptors (Lipinski definition) is 2. The fourth-order valence-corrected chi connectivity index (χ4v) is 3.00. The van der Waals surface area contributed by atoms with Gasteiger partial charge in [-0.15, -0.1) is 0 Å². The molecule has 5 heteroatoms. The molecule has 1 heterocycles. The van der Waals surface area contributed by atoms with E-state index in [9.17, 15) is 18.7 Å². The standard InChI is InChI=1S/C16H21F2NO2/c1-12(2)15(14(20)21)8-9-19(10-15)11-16(17,18)13-6-4-3-5-7-13/h3-7,12H,8-11H2,1-2H3,(H,20,21). The summed E-state index contributed by atoms with van der Waals surface area (Å²) in [7, 11) is 0. The van der Waals surface area contributed by atoms with Crippen molar-refractivity contribution < 1.29 is 18.7 Å². The molecule has 2 rings (SSSR count). The van der Waals surface area contributed by atoms with E-state index in [1.807, 2.05) is 13.8 Å². The fraction of sp³-hybridized carbons (Fsp3) is 0.562. The molecule has 1 aliphatic rings. The minimum Gasteiger partial charge on any atom is -0.481 e. The van der Waals surface area contributed by atoms with Crippen LogP contribution in [0.3, 0.4) is 0 Å². The van der Waals surface area contributed by atoms with Crippen LogP contribution in [0.2, 0.25) is 0 Å². The summed E-state index contributed by atoms with van der Waals surface area (Å²) in [5, 5.41) is 9.45. The van der Waals surface area contributed by atoms with Crippen LogP contribution in [-0.4, -0.2) is 35.6 Å². The summed E-state index contributed by atoms with van der Waals surface area (Å²) < 4.78 is 28.5. The molecule has 0 amide bonds. The fourth-order valence-electron chi connectivity index (χ4n) is 3.00. The molecule has 1 unspecified atom stereocenters. The molecule has 0 spiro atoms. The Morgan fingerprint density at radius 2 is 2.00 bits per heavy atom. The highest BCUT2D eigenvalue weighted by Crippen LogP contribution is 2.40. The Balaban J connectivity index is 2.10. The Morgan fingerprint density at radius 3 is 2.48 bits per heavy atom. The molecule has 21 heavy (non-hydrogen) atoms. The number of aliphatic carboxylic acids is 1. The zero-order chi connectivity index (χ0) is 15.7. The molecule has 1 atom stereocenters. The second-order valence-corrected chi connectivity index (χ2v) is 6.15. The zero-order valence-electron chi connectivity index (χ0n) is 12.4. The first kappa shape index (κ1) is 15.9. The van der Waals surface area contributed by atoms with E-state index >= 15 is 0 Å². The third kappa shape index (κ3) is 3.07. The monoisotopic (exact) mass is 297 g/mol. The maximum Gasteiger partial charge on any atom is 0.311 e. The van der Waals surface area contributed by atoms with Crippen LogP contribution in [0, 0.1) is 11.3 Å². The quantitative estimate of drug-likeness (QED) is 0.907. The number of nitrogens with zero attached hydrogens (tertiary/aromatic N) is 1.